The lowest BCUT2D eigenvalue weighted by Gasteiger charge is -2.15. The van der Waals surface area contributed by atoms with Gasteiger partial charge in [0.2, 0.25) is 5.95 Å². The van der Waals surface area contributed by atoms with Gasteiger partial charge < -0.3 is 14.6 Å². The number of aromatic nitrogens is 5. The second-order valence-corrected chi connectivity index (χ2v) is 7.22. The van der Waals surface area contributed by atoms with Crippen molar-refractivity contribution in [3.63, 3.8) is 0 Å². The molecule has 1 atom stereocenters. The number of hydrogen-bond acceptors (Lipinski definition) is 5. The summed E-state index contributed by atoms with van der Waals surface area (Å²) in [6.07, 6.45) is 1.77. The van der Waals surface area contributed by atoms with Crippen molar-refractivity contribution >= 4 is 5.95 Å². The van der Waals surface area contributed by atoms with Crippen molar-refractivity contribution in [2.75, 3.05) is 11.9 Å². The molecule has 0 saturated heterocycles. The first kappa shape index (κ1) is 20.7. The fourth-order valence-electron chi connectivity index (χ4n) is 3.43. The zero-order valence-corrected chi connectivity index (χ0v) is 17.8. The van der Waals surface area contributed by atoms with Crippen LogP contribution in [0.25, 0.3) is 22.6 Å². The van der Waals surface area contributed by atoms with Crippen molar-refractivity contribution in [1.29, 1.82) is 0 Å². The van der Waals surface area contributed by atoms with E-state index >= 15 is 0 Å². The fraction of sp³-hybridized carbons (Fsp3) is 0.261. The fourth-order valence-corrected chi connectivity index (χ4v) is 3.43. The SMILES string of the molecule is CCOCn1nnc(-c2cnc(NC(C)c3ccccc3)n2C)c1-c1ccc(F)cc1. The number of nitrogens with one attached hydrogen (secondary N) is 1. The largest absolute Gasteiger partial charge is 0.359 e. The van der Waals surface area contributed by atoms with Gasteiger partial charge in [0.25, 0.3) is 0 Å². The lowest BCUT2D eigenvalue weighted by atomic mass is 10.1. The van der Waals surface area contributed by atoms with E-state index in [1.165, 1.54) is 17.7 Å². The first-order valence-electron chi connectivity index (χ1n) is 10.2. The van der Waals surface area contributed by atoms with Gasteiger partial charge in [0.05, 0.1) is 17.9 Å². The highest BCUT2D eigenvalue weighted by molar-refractivity contribution is 5.77. The molecule has 2 aromatic carbocycles. The van der Waals surface area contributed by atoms with Crippen molar-refractivity contribution in [1.82, 2.24) is 24.5 Å². The van der Waals surface area contributed by atoms with Gasteiger partial charge in [0.1, 0.15) is 23.9 Å². The average molecular weight is 420 g/mol. The number of hydrogen-bond donors (Lipinski definition) is 1. The summed E-state index contributed by atoms with van der Waals surface area (Å²) in [7, 11) is 1.93. The lowest BCUT2D eigenvalue weighted by Crippen LogP contribution is -2.11. The van der Waals surface area contributed by atoms with Crippen LogP contribution in [0.15, 0.2) is 60.8 Å². The summed E-state index contributed by atoms with van der Waals surface area (Å²) in [5, 5.41) is 12.1. The number of benzene rings is 2. The number of ether oxygens (including phenoxy) is 1. The van der Waals surface area contributed by atoms with Crippen LogP contribution in [-0.4, -0.2) is 31.2 Å². The topological polar surface area (TPSA) is 69.8 Å². The third kappa shape index (κ3) is 4.34. The number of halogens is 1. The second kappa shape index (κ2) is 9.09. The normalized spacial score (nSPS) is 12.1. The maximum absolute atomic E-state index is 13.5. The molecule has 2 heterocycles. The van der Waals surface area contributed by atoms with Gasteiger partial charge >= 0.3 is 0 Å². The summed E-state index contributed by atoms with van der Waals surface area (Å²) in [4.78, 5) is 4.56. The molecule has 0 spiro atoms. The van der Waals surface area contributed by atoms with Crippen LogP contribution in [0.4, 0.5) is 10.3 Å². The Morgan fingerprint density at radius 2 is 1.84 bits per heavy atom. The summed E-state index contributed by atoms with van der Waals surface area (Å²) in [5.74, 6) is 0.423. The van der Waals surface area contributed by atoms with E-state index in [1.54, 1.807) is 23.0 Å². The Morgan fingerprint density at radius 1 is 1.10 bits per heavy atom. The molecule has 0 fully saturated rings. The summed E-state index contributed by atoms with van der Waals surface area (Å²) in [5.41, 5.74) is 4.17. The minimum atomic E-state index is -0.295. The van der Waals surface area contributed by atoms with Crippen molar-refractivity contribution in [2.45, 2.75) is 26.6 Å². The molecule has 0 aliphatic heterocycles. The Morgan fingerprint density at radius 3 is 2.55 bits per heavy atom. The molecule has 1 N–H and O–H groups in total. The van der Waals surface area contributed by atoms with E-state index in [1.807, 2.05) is 36.7 Å². The van der Waals surface area contributed by atoms with Crippen molar-refractivity contribution < 1.29 is 9.13 Å². The third-order valence-electron chi connectivity index (χ3n) is 5.15. The predicted octanol–water partition coefficient (Wildman–Crippen LogP) is 4.65. The zero-order valence-electron chi connectivity index (χ0n) is 17.8. The molecule has 7 nitrogen and oxygen atoms in total. The molecule has 2 aromatic heterocycles. The van der Waals surface area contributed by atoms with E-state index in [0.717, 1.165) is 22.9 Å². The van der Waals surface area contributed by atoms with Crippen molar-refractivity contribution in [3.8, 4) is 22.6 Å². The molecule has 31 heavy (non-hydrogen) atoms. The van der Waals surface area contributed by atoms with Gasteiger partial charge in [0.15, 0.2) is 0 Å². The van der Waals surface area contributed by atoms with Crippen LogP contribution in [0.5, 0.6) is 0 Å². The molecule has 0 amide bonds. The van der Waals surface area contributed by atoms with Crippen molar-refractivity contribution in [2.24, 2.45) is 7.05 Å². The third-order valence-corrected chi connectivity index (χ3v) is 5.15. The van der Waals surface area contributed by atoms with Gasteiger partial charge in [-0.15, -0.1) is 5.10 Å². The Kier molecular flexibility index (Phi) is 6.08. The monoisotopic (exact) mass is 420 g/mol. The molecule has 0 bridgehead atoms. The number of nitrogens with zero attached hydrogens (tertiary/aromatic N) is 5. The Bertz CT molecular complexity index is 1140. The number of anilines is 1. The van der Waals surface area contributed by atoms with Gasteiger partial charge in [-0.25, -0.2) is 14.1 Å². The van der Waals surface area contributed by atoms with E-state index in [2.05, 4.69) is 39.7 Å². The average Bonchev–Trinajstić information content (AvgIpc) is 3.36. The van der Waals surface area contributed by atoms with Crippen LogP contribution >= 0.6 is 0 Å². The maximum atomic E-state index is 13.5. The molecule has 0 saturated carbocycles. The standard InChI is InChI=1S/C23H25FN6O/c1-4-31-15-30-22(18-10-12-19(24)13-11-18)21(27-28-30)20-14-25-23(29(20)3)26-16(2)17-8-6-5-7-9-17/h5-14,16H,4,15H2,1-3H3,(H,25,26). The quantitative estimate of drug-likeness (QED) is 0.449. The number of imidazole rings is 1. The van der Waals surface area contributed by atoms with Gasteiger partial charge in [-0.3, -0.25) is 0 Å². The highest BCUT2D eigenvalue weighted by Gasteiger charge is 2.21. The van der Waals surface area contributed by atoms with E-state index < -0.39 is 0 Å². The number of rotatable bonds is 8. The van der Waals surface area contributed by atoms with E-state index in [9.17, 15) is 4.39 Å². The Labute approximate surface area is 180 Å². The van der Waals surface area contributed by atoms with Crippen LogP contribution in [-0.2, 0) is 18.5 Å². The molecule has 0 aliphatic carbocycles. The first-order chi connectivity index (χ1) is 15.1. The molecular formula is C23H25FN6O. The summed E-state index contributed by atoms with van der Waals surface area (Å²) >= 11 is 0. The molecule has 0 radical (unpaired) electrons. The van der Waals surface area contributed by atoms with E-state index in [0.29, 0.717) is 12.3 Å². The van der Waals surface area contributed by atoms with E-state index in [4.69, 9.17) is 4.74 Å². The van der Waals surface area contributed by atoms with Crippen LogP contribution < -0.4 is 5.32 Å². The van der Waals surface area contributed by atoms with Crippen LogP contribution in [0.2, 0.25) is 0 Å². The molecule has 8 heteroatoms. The molecule has 160 valence electrons. The van der Waals surface area contributed by atoms with E-state index in [-0.39, 0.29) is 18.6 Å². The van der Waals surface area contributed by atoms with Gasteiger partial charge in [0, 0.05) is 19.2 Å². The minimum absolute atomic E-state index is 0.0837. The lowest BCUT2D eigenvalue weighted by molar-refractivity contribution is 0.0790. The molecule has 4 aromatic rings. The van der Waals surface area contributed by atoms with Gasteiger partial charge in [-0.1, -0.05) is 35.5 Å². The van der Waals surface area contributed by atoms with Gasteiger partial charge in [-0.05, 0) is 43.7 Å². The minimum Gasteiger partial charge on any atom is -0.359 e. The van der Waals surface area contributed by atoms with Crippen LogP contribution in [0, 0.1) is 5.82 Å². The Hall–Kier alpha value is -3.52. The molecule has 1 unspecified atom stereocenters. The second-order valence-electron chi connectivity index (χ2n) is 7.22. The highest BCUT2D eigenvalue weighted by atomic mass is 19.1. The summed E-state index contributed by atoms with van der Waals surface area (Å²) < 4.78 is 22.7. The smallest absolute Gasteiger partial charge is 0.203 e. The van der Waals surface area contributed by atoms with Crippen LogP contribution in [0.1, 0.15) is 25.5 Å². The van der Waals surface area contributed by atoms with Crippen LogP contribution in [0.3, 0.4) is 0 Å². The Balaban J connectivity index is 1.70. The first-order valence-corrected chi connectivity index (χ1v) is 10.2. The molecular weight excluding hydrogens is 395 g/mol. The van der Waals surface area contributed by atoms with Crippen molar-refractivity contribution in [3.05, 3.63) is 72.2 Å². The van der Waals surface area contributed by atoms with Gasteiger partial charge in [-0.2, -0.15) is 0 Å². The maximum Gasteiger partial charge on any atom is 0.203 e. The highest BCUT2D eigenvalue weighted by Crippen LogP contribution is 2.32. The molecule has 4 rings (SSSR count). The molecule has 0 aliphatic rings. The summed E-state index contributed by atoms with van der Waals surface area (Å²) in [6, 6.07) is 16.6. The zero-order chi connectivity index (χ0) is 21.8. The predicted molar refractivity (Wildman–Crippen MR) is 118 cm³/mol. The summed E-state index contributed by atoms with van der Waals surface area (Å²) in [6.45, 7) is 4.81.